The molecule has 1 aromatic carbocycles. The summed E-state index contributed by atoms with van der Waals surface area (Å²) in [5.74, 6) is 5.47. The highest BCUT2D eigenvalue weighted by Crippen LogP contribution is 2.21. The van der Waals surface area contributed by atoms with Crippen LogP contribution >= 0.6 is 11.6 Å². The lowest BCUT2D eigenvalue weighted by Gasteiger charge is -2.11. The number of rotatable bonds is 3. The van der Waals surface area contributed by atoms with Crippen molar-refractivity contribution in [3.05, 3.63) is 29.0 Å². The molecule has 1 rings (SSSR count). The van der Waals surface area contributed by atoms with Crippen molar-refractivity contribution >= 4 is 23.2 Å². The van der Waals surface area contributed by atoms with Crippen LogP contribution < -0.4 is 16.6 Å². The molecule has 0 aromatic heterocycles. The van der Waals surface area contributed by atoms with Gasteiger partial charge in [0.2, 0.25) is 5.96 Å². The molecule has 6 heteroatoms. The van der Waals surface area contributed by atoms with E-state index in [4.69, 9.17) is 17.4 Å². The number of hydrogen-bond acceptors (Lipinski definition) is 2. The molecule has 0 saturated carbocycles. The fourth-order valence-corrected chi connectivity index (χ4v) is 1.30. The van der Waals surface area contributed by atoms with Crippen molar-refractivity contribution in [1.29, 1.82) is 0 Å². The Kier molecular flexibility index (Phi) is 5.18. The molecular weight excluding hydrogens is 243 g/mol. The van der Waals surface area contributed by atoms with Crippen LogP contribution in [0.15, 0.2) is 23.2 Å². The van der Waals surface area contributed by atoms with E-state index in [-0.39, 0.29) is 10.7 Å². The Morgan fingerprint density at radius 1 is 1.53 bits per heavy atom. The molecule has 0 amide bonds. The second-order valence-electron chi connectivity index (χ2n) is 3.95. The molecule has 0 radical (unpaired) electrons. The van der Waals surface area contributed by atoms with Gasteiger partial charge in [-0.25, -0.2) is 10.2 Å². The first kappa shape index (κ1) is 13.7. The number of nitrogens with two attached hydrogens (primary N) is 1. The molecule has 0 aliphatic heterocycles. The SMILES string of the molecule is CC(C)CN=C(NN)Nc1cccc(Cl)c1F. The number of nitrogens with one attached hydrogen (secondary N) is 2. The van der Waals surface area contributed by atoms with Crippen LogP contribution in [-0.4, -0.2) is 12.5 Å². The Balaban J connectivity index is 2.81. The van der Waals surface area contributed by atoms with Crippen LogP contribution in [0, 0.1) is 11.7 Å². The lowest BCUT2D eigenvalue weighted by atomic mass is 10.2. The van der Waals surface area contributed by atoms with Crippen LogP contribution in [0.3, 0.4) is 0 Å². The number of hydrazine groups is 1. The molecule has 0 atom stereocenters. The fourth-order valence-electron chi connectivity index (χ4n) is 1.12. The van der Waals surface area contributed by atoms with E-state index in [1.807, 2.05) is 13.8 Å². The van der Waals surface area contributed by atoms with Gasteiger partial charge in [-0.05, 0) is 18.1 Å². The van der Waals surface area contributed by atoms with Crippen LogP contribution in [-0.2, 0) is 0 Å². The van der Waals surface area contributed by atoms with E-state index in [9.17, 15) is 4.39 Å². The van der Waals surface area contributed by atoms with Gasteiger partial charge >= 0.3 is 0 Å². The molecule has 0 fully saturated rings. The summed E-state index contributed by atoms with van der Waals surface area (Å²) in [4.78, 5) is 4.17. The standard InChI is InChI=1S/C11H16ClFN4/c1-7(2)6-15-11(17-14)16-9-5-3-4-8(12)10(9)13/h3-5,7H,6,14H2,1-2H3,(H2,15,16,17). The zero-order valence-corrected chi connectivity index (χ0v) is 10.6. The molecule has 0 saturated heterocycles. The Bertz CT molecular complexity index is 406. The molecule has 0 bridgehead atoms. The maximum absolute atomic E-state index is 13.6. The summed E-state index contributed by atoms with van der Waals surface area (Å²) in [6, 6.07) is 4.68. The number of guanidine groups is 1. The minimum Gasteiger partial charge on any atom is -0.323 e. The maximum Gasteiger partial charge on any atom is 0.210 e. The van der Waals surface area contributed by atoms with Gasteiger partial charge in [-0.15, -0.1) is 0 Å². The van der Waals surface area contributed by atoms with Crippen molar-refractivity contribution in [3.8, 4) is 0 Å². The topological polar surface area (TPSA) is 62.4 Å². The van der Waals surface area contributed by atoms with Gasteiger partial charge in [0.05, 0.1) is 10.7 Å². The minimum absolute atomic E-state index is 0.0511. The second-order valence-corrected chi connectivity index (χ2v) is 4.36. The molecule has 0 aliphatic carbocycles. The predicted octanol–water partition coefficient (Wildman–Crippen LogP) is 2.37. The van der Waals surface area contributed by atoms with Gasteiger partial charge in [-0.3, -0.25) is 10.4 Å². The number of halogens is 2. The molecule has 17 heavy (non-hydrogen) atoms. The summed E-state index contributed by atoms with van der Waals surface area (Å²) in [6.45, 7) is 4.64. The first-order valence-electron chi connectivity index (χ1n) is 5.26. The first-order chi connectivity index (χ1) is 8.04. The van der Waals surface area contributed by atoms with E-state index in [0.29, 0.717) is 18.4 Å². The summed E-state index contributed by atoms with van der Waals surface area (Å²) in [6.07, 6.45) is 0. The molecule has 0 spiro atoms. The zero-order chi connectivity index (χ0) is 12.8. The van der Waals surface area contributed by atoms with Gasteiger partial charge in [0, 0.05) is 6.54 Å². The normalized spacial score (nSPS) is 11.8. The van der Waals surface area contributed by atoms with E-state index in [1.54, 1.807) is 12.1 Å². The monoisotopic (exact) mass is 258 g/mol. The van der Waals surface area contributed by atoms with Crippen molar-refractivity contribution in [3.63, 3.8) is 0 Å². The average Bonchev–Trinajstić information content (AvgIpc) is 2.29. The average molecular weight is 259 g/mol. The summed E-state index contributed by atoms with van der Waals surface area (Å²) in [7, 11) is 0. The van der Waals surface area contributed by atoms with Gasteiger partial charge in [0.1, 0.15) is 0 Å². The quantitative estimate of drug-likeness (QED) is 0.338. The van der Waals surface area contributed by atoms with Gasteiger partial charge in [0.15, 0.2) is 5.82 Å². The van der Waals surface area contributed by atoms with Crippen LogP contribution in [0.4, 0.5) is 10.1 Å². The number of aliphatic imine (C=N–C) groups is 1. The zero-order valence-electron chi connectivity index (χ0n) is 9.80. The molecule has 4 nitrogen and oxygen atoms in total. The van der Waals surface area contributed by atoms with Crippen molar-refractivity contribution in [2.75, 3.05) is 11.9 Å². The lowest BCUT2D eigenvalue weighted by molar-refractivity contribution is 0.632. The molecular formula is C11H16ClFN4. The number of benzene rings is 1. The van der Waals surface area contributed by atoms with E-state index in [1.165, 1.54) is 6.07 Å². The van der Waals surface area contributed by atoms with Gasteiger partial charge < -0.3 is 5.32 Å². The highest BCUT2D eigenvalue weighted by molar-refractivity contribution is 6.31. The Hall–Kier alpha value is -1.33. The van der Waals surface area contributed by atoms with E-state index in [0.717, 1.165) is 0 Å². The minimum atomic E-state index is -0.526. The first-order valence-corrected chi connectivity index (χ1v) is 5.64. The number of anilines is 1. The van der Waals surface area contributed by atoms with Gasteiger partial charge in [-0.2, -0.15) is 0 Å². The van der Waals surface area contributed by atoms with Gasteiger partial charge in [0.25, 0.3) is 0 Å². The van der Waals surface area contributed by atoms with Crippen molar-refractivity contribution < 1.29 is 4.39 Å². The van der Waals surface area contributed by atoms with Crippen molar-refractivity contribution in [2.45, 2.75) is 13.8 Å². The van der Waals surface area contributed by atoms with Crippen molar-refractivity contribution in [1.82, 2.24) is 5.43 Å². The largest absolute Gasteiger partial charge is 0.323 e. The molecule has 0 unspecified atom stereocenters. The Labute approximate surface area is 105 Å². The Morgan fingerprint density at radius 2 is 2.24 bits per heavy atom. The van der Waals surface area contributed by atoms with Gasteiger partial charge in [-0.1, -0.05) is 31.5 Å². The molecule has 0 heterocycles. The second kappa shape index (κ2) is 6.42. The number of hydrogen-bond donors (Lipinski definition) is 3. The lowest BCUT2D eigenvalue weighted by Crippen LogP contribution is -2.36. The molecule has 4 N–H and O–H groups in total. The van der Waals surface area contributed by atoms with E-state index >= 15 is 0 Å². The molecule has 1 aromatic rings. The summed E-state index contributed by atoms with van der Waals surface area (Å²) in [5, 5.41) is 2.80. The third-order valence-corrected chi connectivity index (χ3v) is 2.25. The third kappa shape index (κ3) is 4.20. The predicted molar refractivity (Wildman–Crippen MR) is 69.5 cm³/mol. The van der Waals surface area contributed by atoms with Crippen LogP contribution in [0.25, 0.3) is 0 Å². The highest BCUT2D eigenvalue weighted by Gasteiger charge is 2.07. The summed E-state index contributed by atoms with van der Waals surface area (Å²) >= 11 is 5.66. The maximum atomic E-state index is 13.6. The van der Waals surface area contributed by atoms with E-state index in [2.05, 4.69) is 15.7 Å². The summed E-state index contributed by atoms with van der Waals surface area (Å²) < 4.78 is 13.6. The number of nitrogens with zero attached hydrogens (tertiary/aromatic N) is 1. The van der Waals surface area contributed by atoms with Crippen LogP contribution in [0.5, 0.6) is 0 Å². The fraction of sp³-hybridized carbons (Fsp3) is 0.364. The van der Waals surface area contributed by atoms with Crippen LogP contribution in [0.2, 0.25) is 5.02 Å². The Morgan fingerprint density at radius 3 is 2.82 bits per heavy atom. The highest BCUT2D eigenvalue weighted by atomic mass is 35.5. The van der Waals surface area contributed by atoms with Crippen molar-refractivity contribution in [2.24, 2.45) is 16.8 Å². The third-order valence-electron chi connectivity index (χ3n) is 1.96. The summed E-state index contributed by atoms with van der Waals surface area (Å²) in [5.41, 5.74) is 2.62. The van der Waals surface area contributed by atoms with Crippen LogP contribution in [0.1, 0.15) is 13.8 Å². The van der Waals surface area contributed by atoms with E-state index < -0.39 is 5.82 Å². The molecule has 94 valence electrons. The molecule has 0 aliphatic rings. The smallest absolute Gasteiger partial charge is 0.210 e.